The molecule has 0 aliphatic heterocycles. The fraction of sp³-hybridized carbons (Fsp3) is 0.222. The van der Waals surface area contributed by atoms with Gasteiger partial charge >= 0.3 is 29.6 Å². The van der Waals surface area contributed by atoms with E-state index in [2.05, 4.69) is 41.3 Å². The van der Waals surface area contributed by atoms with E-state index in [0.717, 1.165) is 0 Å². The molecule has 18 heavy (non-hydrogen) atoms. The van der Waals surface area contributed by atoms with Crippen molar-refractivity contribution in [1.82, 2.24) is 10.3 Å². The van der Waals surface area contributed by atoms with E-state index in [1.165, 1.54) is 7.05 Å². The molecule has 0 radical (unpaired) electrons. The first kappa shape index (κ1) is 22.7. The summed E-state index contributed by atoms with van der Waals surface area (Å²) in [7, 11) is 3.12. The third-order valence-corrected chi connectivity index (χ3v) is 1.28. The molecule has 1 aromatic rings. The first-order valence-electron chi connectivity index (χ1n) is 4.28. The van der Waals surface area contributed by atoms with Gasteiger partial charge in [-0.2, -0.15) is 0 Å². The number of rotatable bonds is 1. The number of carbonyl (C=O) groups excluding carboxylic acids is 2. The summed E-state index contributed by atoms with van der Waals surface area (Å²) in [6.07, 6.45) is 1.69. The van der Waals surface area contributed by atoms with Gasteiger partial charge in [-0.1, -0.05) is 31.3 Å². The quantitative estimate of drug-likeness (QED) is 0.373. The molecule has 0 bridgehead atoms. The van der Waals surface area contributed by atoms with E-state index in [-0.39, 0.29) is 36.2 Å². The Bertz CT molecular complexity index is 330. The zero-order valence-corrected chi connectivity index (χ0v) is 14.2. The van der Waals surface area contributed by atoms with Crippen LogP contribution >= 0.6 is 25.3 Å². The number of methoxy groups -OCH3 is 1. The van der Waals surface area contributed by atoms with E-state index in [9.17, 15) is 4.79 Å². The Morgan fingerprint density at radius 1 is 1.44 bits per heavy atom. The van der Waals surface area contributed by atoms with Gasteiger partial charge in [0.25, 0.3) is 10.5 Å². The van der Waals surface area contributed by atoms with Gasteiger partial charge in [-0.3, -0.25) is 9.59 Å². The summed E-state index contributed by atoms with van der Waals surface area (Å²) in [5.74, 6) is 0.660. The molecule has 98 valence electrons. The van der Waals surface area contributed by atoms with E-state index >= 15 is 0 Å². The van der Waals surface area contributed by atoms with Crippen molar-refractivity contribution in [3.05, 3.63) is 24.4 Å². The number of nitrogens with two attached hydrogens (primary N) is 1. The summed E-state index contributed by atoms with van der Waals surface area (Å²) in [4.78, 5) is 22.5. The molecule has 6 nitrogen and oxygen atoms in total. The first-order chi connectivity index (χ1) is 7.93. The van der Waals surface area contributed by atoms with Crippen LogP contribution in [0.15, 0.2) is 24.4 Å². The number of carbonyl (C=O) groups is 2. The Morgan fingerprint density at radius 3 is 2.06 bits per heavy atom. The Labute approximate surface area is 141 Å². The van der Waals surface area contributed by atoms with Crippen molar-refractivity contribution in [1.29, 1.82) is 0 Å². The van der Waals surface area contributed by atoms with Crippen LogP contribution in [0.3, 0.4) is 0 Å². The summed E-state index contributed by atoms with van der Waals surface area (Å²) in [6.45, 7) is 0. The maximum atomic E-state index is 9.57. The second kappa shape index (κ2) is 16.6. The SMILES string of the molecule is CNC(=O)S.COc1ccccn1.NC(=O)S.[H-].[Na+]. The van der Waals surface area contributed by atoms with Gasteiger partial charge in [0.1, 0.15) is 0 Å². The molecular weight excluding hydrogens is 285 g/mol. The van der Waals surface area contributed by atoms with Crippen molar-refractivity contribution in [3.8, 4) is 5.88 Å². The molecule has 0 fully saturated rings. The molecule has 1 rings (SSSR count). The Kier molecular flexibility index (Phi) is 21.0. The van der Waals surface area contributed by atoms with Crippen LogP contribution in [0.2, 0.25) is 0 Å². The molecular formula is C9H16N3NaO3S2. The largest absolute Gasteiger partial charge is 1.00 e. The smallest absolute Gasteiger partial charge is 1.00 e. The van der Waals surface area contributed by atoms with Crippen LogP contribution in [0.5, 0.6) is 5.88 Å². The molecule has 9 heteroatoms. The second-order valence-electron chi connectivity index (χ2n) is 2.27. The van der Waals surface area contributed by atoms with Crippen LogP contribution in [0, 0.1) is 0 Å². The van der Waals surface area contributed by atoms with Gasteiger partial charge in [-0.15, -0.1) is 0 Å². The fourth-order valence-electron chi connectivity index (χ4n) is 0.468. The third kappa shape index (κ3) is 24.7. The van der Waals surface area contributed by atoms with Crippen molar-refractivity contribution in [2.75, 3.05) is 14.2 Å². The number of hydrogen-bond acceptors (Lipinski definition) is 4. The van der Waals surface area contributed by atoms with Gasteiger partial charge in [0.15, 0.2) is 0 Å². The van der Waals surface area contributed by atoms with Gasteiger partial charge in [-0.25, -0.2) is 4.98 Å². The van der Waals surface area contributed by atoms with Crippen molar-refractivity contribution >= 4 is 35.7 Å². The number of amides is 2. The van der Waals surface area contributed by atoms with Crippen LogP contribution in [0.4, 0.5) is 9.59 Å². The van der Waals surface area contributed by atoms with E-state index in [4.69, 9.17) is 9.53 Å². The number of thiol groups is 2. The molecule has 0 unspecified atom stereocenters. The van der Waals surface area contributed by atoms with Crippen LogP contribution in [0.25, 0.3) is 0 Å². The number of primary amides is 1. The number of pyridine rings is 1. The summed E-state index contributed by atoms with van der Waals surface area (Å²) in [5.41, 5.74) is 4.34. The topological polar surface area (TPSA) is 94.3 Å². The van der Waals surface area contributed by atoms with Gasteiger partial charge in [0.2, 0.25) is 5.88 Å². The van der Waals surface area contributed by atoms with Gasteiger partial charge in [0, 0.05) is 19.3 Å². The van der Waals surface area contributed by atoms with E-state index in [1.807, 2.05) is 12.1 Å². The Balaban J connectivity index is -0.0000000910. The molecule has 0 aromatic carbocycles. The maximum Gasteiger partial charge on any atom is 1.00 e. The van der Waals surface area contributed by atoms with Gasteiger partial charge in [-0.05, 0) is 6.07 Å². The minimum absolute atomic E-state index is 0. The molecule has 0 aliphatic carbocycles. The van der Waals surface area contributed by atoms with Gasteiger partial charge < -0.3 is 17.2 Å². The molecule has 0 saturated heterocycles. The molecule has 2 amide bonds. The zero-order valence-electron chi connectivity index (χ0n) is 11.5. The zero-order chi connectivity index (χ0) is 13.7. The van der Waals surface area contributed by atoms with E-state index < -0.39 is 5.24 Å². The maximum absolute atomic E-state index is 9.57. The van der Waals surface area contributed by atoms with E-state index in [0.29, 0.717) is 5.88 Å². The monoisotopic (exact) mass is 301 g/mol. The summed E-state index contributed by atoms with van der Waals surface area (Å²) in [5, 5.41) is 1.31. The predicted octanol–water partition coefficient (Wildman–Crippen LogP) is -1.54. The fourth-order valence-corrected chi connectivity index (χ4v) is 0.468. The summed E-state index contributed by atoms with van der Waals surface area (Å²) in [6, 6.07) is 5.54. The number of nitrogens with zero attached hydrogens (tertiary/aromatic N) is 1. The Hall–Kier alpha value is -0.410. The van der Waals surface area contributed by atoms with Crippen molar-refractivity contribution in [2.24, 2.45) is 5.73 Å². The molecule has 3 N–H and O–H groups in total. The molecule has 0 aliphatic rings. The van der Waals surface area contributed by atoms with Crippen LogP contribution in [-0.2, 0) is 0 Å². The number of nitrogens with one attached hydrogen (secondary N) is 1. The first-order valence-corrected chi connectivity index (χ1v) is 5.17. The van der Waals surface area contributed by atoms with E-state index in [1.54, 1.807) is 19.4 Å². The number of ether oxygens (including phenoxy) is 1. The number of aromatic nitrogens is 1. The average molecular weight is 301 g/mol. The summed E-state index contributed by atoms with van der Waals surface area (Å²) >= 11 is 6.45. The minimum atomic E-state index is -0.639. The van der Waals surface area contributed by atoms with Crippen LogP contribution in [-0.4, -0.2) is 29.6 Å². The van der Waals surface area contributed by atoms with Crippen molar-refractivity contribution in [2.45, 2.75) is 0 Å². The summed E-state index contributed by atoms with van der Waals surface area (Å²) < 4.78 is 4.80. The standard InChI is InChI=1S/C6H7NO.C2H5NOS.CH3NOS.Na.H/c1-8-6-4-2-3-5-7-6;1-3-2(4)5;2-1(3)4;;/h2-5H,1H3;1H3,(H2,3,4,5);(H3,2,3,4);;/q;;;+1;-1. The van der Waals surface area contributed by atoms with Crippen molar-refractivity contribution in [3.63, 3.8) is 0 Å². The molecule has 0 spiro atoms. The third-order valence-electron chi connectivity index (χ3n) is 1.06. The molecule has 0 atom stereocenters. The van der Waals surface area contributed by atoms with Gasteiger partial charge in [0.05, 0.1) is 7.11 Å². The predicted molar refractivity (Wildman–Crippen MR) is 73.9 cm³/mol. The van der Waals surface area contributed by atoms with Crippen LogP contribution < -0.4 is 45.3 Å². The molecule has 1 heterocycles. The molecule has 1 aromatic heterocycles. The minimum Gasteiger partial charge on any atom is -1.00 e. The average Bonchev–Trinajstić information content (AvgIpc) is 2.30. The normalized spacial score (nSPS) is 7.11. The molecule has 0 saturated carbocycles. The van der Waals surface area contributed by atoms with Crippen LogP contribution in [0.1, 0.15) is 1.43 Å². The van der Waals surface area contributed by atoms with Crippen molar-refractivity contribution < 1.29 is 45.3 Å². The second-order valence-corrected chi connectivity index (χ2v) is 3.11. The number of hydrogen-bond donors (Lipinski definition) is 4. The Morgan fingerprint density at radius 2 is 1.89 bits per heavy atom.